The molecule has 18 heavy (non-hydrogen) atoms. The van der Waals surface area contributed by atoms with E-state index in [1.807, 2.05) is 11.7 Å². The lowest BCUT2D eigenvalue weighted by Gasteiger charge is -2.08. The summed E-state index contributed by atoms with van der Waals surface area (Å²) in [5, 5.41) is 7.46. The highest BCUT2D eigenvalue weighted by Crippen LogP contribution is 2.18. The Labute approximate surface area is 106 Å². The molecule has 0 amide bonds. The van der Waals surface area contributed by atoms with Crippen LogP contribution in [0, 0.1) is 5.82 Å². The smallest absolute Gasteiger partial charge is 0.123 e. The van der Waals surface area contributed by atoms with E-state index in [1.165, 1.54) is 12.1 Å². The number of nitrogens with one attached hydrogen (secondary N) is 1. The molecule has 0 saturated heterocycles. The van der Waals surface area contributed by atoms with E-state index in [2.05, 4.69) is 10.4 Å². The lowest BCUT2D eigenvalue weighted by molar-refractivity contribution is 0.627. The number of rotatable bonds is 5. The van der Waals surface area contributed by atoms with Crippen molar-refractivity contribution < 1.29 is 4.39 Å². The van der Waals surface area contributed by atoms with Crippen molar-refractivity contribution in [2.75, 3.05) is 18.4 Å². The molecule has 0 spiro atoms. The fourth-order valence-corrected chi connectivity index (χ4v) is 1.82. The van der Waals surface area contributed by atoms with Crippen molar-refractivity contribution in [2.45, 2.75) is 6.42 Å². The van der Waals surface area contributed by atoms with Crippen LogP contribution in [0.15, 0.2) is 30.5 Å². The van der Waals surface area contributed by atoms with Crippen molar-refractivity contribution >= 4 is 5.69 Å². The quantitative estimate of drug-likeness (QED) is 0.843. The zero-order chi connectivity index (χ0) is 13.0. The number of halogens is 1. The normalized spacial score (nSPS) is 10.6. The predicted molar refractivity (Wildman–Crippen MR) is 70.0 cm³/mol. The first-order valence-corrected chi connectivity index (χ1v) is 5.90. The molecule has 0 fully saturated rings. The summed E-state index contributed by atoms with van der Waals surface area (Å²) >= 11 is 0. The average Bonchev–Trinajstić information content (AvgIpc) is 2.71. The third-order valence-electron chi connectivity index (χ3n) is 2.81. The molecule has 0 aliphatic carbocycles. The van der Waals surface area contributed by atoms with E-state index in [-0.39, 0.29) is 5.82 Å². The molecule has 0 saturated carbocycles. The van der Waals surface area contributed by atoms with Crippen LogP contribution in [0.25, 0.3) is 0 Å². The number of aromatic nitrogens is 2. The summed E-state index contributed by atoms with van der Waals surface area (Å²) in [5.41, 5.74) is 8.57. The largest absolute Gasteiger partial charge is 0.381 e. The van der Waals surface area contributed by atoms with Gasteiger partial charge in [0, 0.05) is 26.6 Å². The van der Waals surface area contributed by atoms with Crippen molar-refractivity contribution in [1.82, 2.24) is 9.78 Å². The molecular formula is C13H17FN4. The minimum absolute atomic E-state index is 0.217. The van der Waals surface area contributed by atoms with Gasteiger partial charge in [-0.15, -0.1) is 0 Å². The first-order chi connectivity index (χ1) is 8.70. The molecule has 3 N–H and O–H groups in total. The van der Waals surface area contributed by atoms with E-state index in [0.29, 0.717) is 19.5 Å². The van der Waals surface area contributed by atoms with Crippen molar-refractivity contribution in [3.63, 3.8) is 0 Å². The van der Waals surface area contributed by atoms with Crippen LogP contribution < -0.4 is 11.1 Å². The molecule has 1 heterocycles. The molecular weight excluding hydrogens is 231 g/mol. The van der Waals surface area contributed by atoms with Crippen LogP contribution in [0.5, 0.6) is 0 Å². The minimum atomic E-state index is -0.217. The van der Waals surface area contributed by atoms with Gasteiger partial charge in [-0.1, -0.05) is 12.1 Å². The Morgan fingerprint density at radius 2 is 2.06 bits per heavy atom. The Balaban J connectivity index is 2.17. The van der Waals surface area contributed by atoms with Gasteiger partial charge in [0.2, 0.25) is 0 Å². The number of aryl methyl sites for hydroxylation is 1. The van der Waals surface area contributed by atoms with Crippen molar-refractivity contribution in [2.24, 2.45) is 12.8 Å². The summed E-state index contributed by atoms with van der Waals surface area (Å²) in [6, 6.07) is 6.52. The predicted octanol–water partition coefficient (Wildman–Crippen LogP) is 1.52. The van der Waals surface area contributed by atoms with Gasteiger partial charge in [-0.3, -0.25) is 4.68 Å². The van der Waals surface area contributed by atoms with Crippen LogP contribution in [-0.4, -0.2) is 22.9 Å². The molecule has 4 nitrogen and oxygen atoms in total. The van der Waals surface area contributed by atoms with Crippen LogP contribution in [-0.2, 0) is 13.5 Å². The van der Waals surface area contributed by atoms with E-state index in [0.717, 1.165) is 16.9 Å². The van der Waals surface area contributed by atoms with Crippen LogP contribution in [0.4, 0.5) is 10.1 Å². The third-order valence-corrected chi connectivity index (χ3v) is 2.81. The standard InChI is InChI=1S/C13H17FN4/c1-18-13(12(9-17-18)16-7-6-15)8-10-2-4-11(14)5-3-10/h2-5,9,16H,6-8,15H2,1H3. The molecule has 0 bridgehead atoms. The highest BCUT2D eigenvalue weighted by molar-refractivity contribution is 5.48. The van der Waals surface area contributed by atoms with Gasteiger partial charge in [-0.2, -0.15) is 5.10 Å². The van der Waals surface area contributed by atoms with Gasteiger partial charge in [0.15, 0.2) is 0 Å². The number of hydrogen-bond donors (Lipinski definition) is 2. The lowest BCUT2D eigenvalue weighted by Crippen LogP contribution is -2.14. The highest BCUT2D eigenvalue weighted by atomic mass is 19.1. The molecule has 5 heteroatoms. The molecule has 0 aliphatic rings. The van der Waals surface area contributed by atoms with E-state index >= 15 is 0 Å². The van der Waals surface area contributed by atoms with Crippen molar-refractivity contribution in [1.29, 1.82) is 0 Å². The zero-order valence-corrected chi connectivity index (χ0v) is 10.4. The summed E-state index contributed by atoms with van der Waals surface area (Å²) in [7, 11) is 1.90. The number of anilines is 1. The van der Waals surface area contributed by atoms with Gasteiger partial charge < -0.3 is 11.1 Å². The fourth-order valence-electron chi connectivity index (χ4n) is 1.82. The molecule has 96 valence electrons. The first kappa shape index (κ1) is 12.6. The molecule has 0 unspecified atom stereocenters. The topological polar surface area (TPSA) is 55.9 Å². The molecule has 2 rings (SSSR count). The van der Waals surface area contributed by atoms with Gasteiger partial charge in [-0.25, -0.2) is 4.39 Å². The number of hydrogen-bond acceptors (Lipinski definition) is 3. The SMILES string of the molecule is Cn1ncc(NCCN)c1Cc1ccc(F)cc1. The monoisotopic (exact) mass is 248 g/mol. The maximum atomic E-state index is 12.8. The van der Waals surface area contributed by atoms with E-state index in [9.17, 15) is 4.39 Å². The Morgan fingerprint density at radius 3 is 2.72 bits per heavy atom. The van der Waals surface area contributed by atoms with Gasteiger partial charge >= 0.3 is 0 Å². The summed E-state index contributed by atoms with van der Waals surface area (Å²) in [6.07, 6.45) is 2.50. The Bertz CT molecular complexity index is 504. The van der Waals surface area contributed by atoms with Crippen LogP contribution >= 0.6 is 0 Å². The van der Waals surface area contributed by atoms with E-state index < -0.39 is 0 Å². The summed E-state index contributed by atoms with van der Waals surface area (Å²) in [4.78, 5) is 0. The van der Waals surface area contributed by atoms with Crippen molar-refractivity contribution in [3.8, 4) is 0 Å². The first-order valence-electron chi connectivity index (χ1n) is 5.90. The van der Waals surface area contributed by atoms with Gasteiger partial charge in [0.1, 0.15) is 5.82 Å². The minimum Gasteiger partial charge on any atom is -0.381 e. The number of nitrogens with zero attached hydrogens (tertiary/aromatic N) is 2. The molecule has 1 aromatic heterocycles. The van der Waals surface area contributed by atoms with Gasteiger partial charge in [0.05, 0.1) is 17.6 Å². The second kappa shape index (κ2) is 5.64. The van der Waals surface area contributed by atoms with Gasteiger partial charge in [-0.05, 0) is 17.7 Å². The number of nitrogens with two attached hydrogens (primary N) is 1. The summed E-state index contributed by atoms with van der Waals surface area (Å²) in [6.45, 7) is 1.28. The lowest BCUT2D eigenvalue weighted by atomic mass is 10.1. The average molecular weight is 248 g/mol. The maximum Gasteiger partial charge on any atom is 0.123 e. The van der Waals surface area contributed by atoms with Crippen molar-refractivity contribution in [3.05, 3.63) is 47.5 Å². The van der Waals surface area contributed by atoms with E-state index in [4.69, 9.17) is 5.73 Å². The summed E-state index contributed by atoms with van der Waals surface area (Å²) in [5.74, 6) is -0.217. The Kier molecular flexibility index (Phi) is 3.94. The third kappa shape index (κ3) is 2.87. The second-order valence-corrected chi connectivity index (χ2v) is 4.15. The molecule has 2 aromatic rings. The second-order valence-electron chi connectivity index (χ2n) is 4.15. The molecule has 0 atom stereocenters. The highest BCUT2D eigenvalue weighted by Gasteiger charge is 2.08. The summed E-state index contributed by atoms with van der Waals surface area (Å²) < 4.78 is 14.7. The van der Waals surface area contributed by atoms with E-state index in [1.54, 1.807) is 18.3 Å². The molecule has 0 aliphatic heterocycles. The number of benzene rings is 1. The Hall–Kier alpha value is -1.88. The van der Waals surface area contributed by atoms with Gasteiger partial charge in [0.25, 0.3) is 0 Å². The molecule has 1 aromatic carbocycles. The van der Waals surface area contributed by atoms with Crippen LogP contribution in [0.2, 0.25) is 0 Å². The van der Waals surface area contributed by atoms with Crippen LogP contribution in [0.3, 0.4) is 0 Å². The fraction of sp³-hybridized carbons (Fsp3) is 0.308. The zero-order valence-electron chi connectivity index (χ0n) is 10.4. The Morgan fingerprint density at radius 1 is 1.33 bits per heavy atom. The molecule has 0 radical (unpaired) electrons. The maximum absolute atomic E-state index is 12.8. The van der Waals surface area contributed by atoms with Crippen LogP contribution in [0.1, 0.15) is 11.3 Å².